The molecule has 79 heavy (non-hydrogen) atoms. The zero-order chi connectivity index (χ0) is 55.5. The first kappa shape index (κ1) is 61.9. The number of hydrogen-bond acceptors (Lipinski definition) is 19. The summed E-state index contributed by atoms with van der Waals surface area (Å²) >= 11 is 0. The summed E-state index contributed by atoms with van der Waals surface area (Å²) in [5.74, 6) is -2.95. The number of carboxylic acids is 3. The maximum Gasteiger partial charge on any atom is 0.354 e. The van der Waals surface area contributed by atoms with Crippen molar-refractivity contribution in [2.75, 3.05) is 144 Å². The first-order valence-corrected chi connectivity index (χ1v) is 27.9. The fourth-order valence-electron chi connectivity index (χ4n) is 9.15. The third-order valence-electron chi connectivity index (χ3n) is 13.4. The molecule has 9 N–H and O–H groups in total. The highest BCUT2D eigenvalue weighted by Gasteiger charge is 2.19. The van der Waals surface area contributed by atoms with E-state index in [-0.39, 0.29) is 17.1 Å². The number of carbonyl (C=O) groups is 3. The third kappa shape index (κ3) is 25.6. The molecule has 0 unspecified atom stereocenters. The number of hydrogen-bond donors (Lipinski definition) is 9. The van der Waals surface area contributed by atoms with Crippen LogP contribution in [0.1, 0.15) is 72.8 Å². The monoisotopic (exact) mass is 1090 g/mol. The second-order valence-corrected chi connectivity index (χ2v) is 19.7. The largest absolute Gasteiger partial charge is 0.477 e. The van der Waals surface area contributed by atoms with E-state index in [1.807, 2.05) is 54.9 Å². The van der Waals surface area contributed by atoms with Crippen molar-refractivity contribution < 1.29 is 29.7 Å². The van der Waals surface area contributed by atoms with Gasteiger partial charge in [-0.05, 0) is 99.7 Å². The highest BCUT2D eigenvalue weighted by Crippen LogP contribution is 2.12. The molecule has 0 aromatic carbocycles. The van der Waals surface area contributed by atoms with E-state index in [2.05, 4.69) is 93.5 Å². The molecule has 0 spiro atoms. The molecule has 0 amide bonds. The Morgan fingerprint density at radius 2 is 0.620 bits per heavy atom. The van der Waals surface area contributed by atoms with Crippen LogP contribution in [-0.2, 0) is 32.7 Å². The molecule has 22 heteroatoms. The van der Waals surface area contributed by atoms with Crippen molar-refractivity contribution in [1.29, 1.82) is 0 Å². The molecule has 3 aliphatic heterocycles. The molecule has 0 atom stereocenters. The lowest BCUT2D eigenvalue weighted by molar-refractivity contribution is 0.0679. The Labute approximate surface area is 465 Å². The quantitative estimate of drug-likeness (QED) is 0.0815. The molecule has 428 valence electrons. The van der Waals surface area contributed by atoms with Gasteiger partial charge in [-0.25, -0.2) is 29.3 Å². The van der Waals surface area contributed by atoms with Crippen LogP contribution in [0.4, 0.5) is 0 Å². The van der Waals surface area contributed by atoms with Gasteiger partial charge in [-0.15, -0.1) is 0 Å². The highest BCUT2D eigenvalue weighted by molar-refractivity contribution is 5.86. The standard InChI is InChI=1S/C25H30N6O2.C17H29N5O2.C15H25N5O2/c32-25(33)24-9-5-8-23(28-24)20-31-16-14-29(18-21-6-1-3-10-26-21)12-13-30(15-17-31)19-22-7-2-4-11-27-22;23-17(24)16-5-1-4-15(21-16)14-22-12-3-8-19-10-9-18-6-2-7-20-11-13-22;21-15(22)14-3-1-2-13(19-14)12-20-10-8-17-6-4-16-5-7-18-9-11-20/h1-11H,12-20H2,(H,32,33);1,4-5,18-20H,2-3,6-14H2,(H,23,24);1-3,16-18H,4-12H2,(H,21,22). The van der Waals surface area contributed by atoms with Gasteiger partial charge in [0.1, 0.15) is 17.1 Å². The smallest absolute Gasteiger partial charge is 0.354 e. The molecule has 0 bridgehead atoms. The van der Waals surface area contributed by atoms with Crippen molar-refractivity contribution in [3.8, 4) is 0 Å². The van der Waals surface area contributed by atoms with Gasteiger partial charge in [-0.1, -0.05) is 30.3 Å². The van der Waals surface area contributed by atoms with Gasteiger partial charge >= 0.3 is 17.9 Å². The summed E-state index contributed by atoms with van der Waals surface area (Å²) in [6.07, 6.45) is 5.87. The average molecular weight is 1090 g/mol. The maximum absolute atomic E-state index is 11.3. The number of nitrogens with one attached hydrogen (secondary N) is 6. The van der Waals surface area contributed by atoms with E-state index in [4.69, 9.17) is 10.2 Å². The Balaban J connectivity index is 0.000000197. The molecule has 8 heterocycles. The van der Waals surface area contributed by atoms with E-state index in [1.54, 1.807) is 18.2 Å². The Hall–Kier alpha value is -6.28. The molecule has 3 aliphatic rings. The summed E-state index contributed by atoms with van der Waals surface area (Å²) in [4.78, 5) is 67.0. The lowest BCUT2D eigenvalue weighted by atomic mass is 10.2. The predicted octanol–water partition coefficient (Wildman–Crippen LogP) is 1.90. The highest BCUT2D eigenvalue weighted by atomic mass is 16.4. The molecule has 5 aromatic rings. The van der Waals surface area contributed by atoms with Gasteiger partial charge in [0.15, 0.2) is 0 Å². The molecule has 22 nitrogen and oxygen atoms in total. The van der Waals surface area contributed by atoms with Crippen LogP contribution in [0.5, 0.6) is 0 Å². The van der Waals surface area contributed by atoms with Crippen LogP contribution in [0.15, 0.2) is 103 Å². The van der Waals surface area contributed by atoms with E-state index in [0.717, 1.165) is 198 Å². The van der Waals surface area contributed by atoms with Crippen molar-refractivity contribution in [3.05, 3.63) is 149 Å². The fourth-order valence-corrected chi connectivity index (χ4v) is 9.15. The van der Waals surface area contributed by atoms with Gasteiger partial charge in [-0.3, -0.25) is 34.5 Å². The number of pyridine rings is 5. The van der Waals surface area contributed by atoms with Crippen molar-refractivity contribution in [3.63, 3.8) is 0 Å². The van der Waals surface area contributed by atoms with Crippen molar-refractivity contribution in [1.82, 2.24) is 81.3 Å². The van der Waals surface area contributed by atoms with Gasteiger partial charge < -0.3 is 47.2 Å². The topological polar surface area (TPSA) is 265 Å². The molecule has 0 saturated carbocycles. The number of nitrogens with zero attached hydrogens (tertiary/aromatic N) is 10. The van der Waals surface area contributed by atoms with Crippen LogP contribution >= 0.6 is 0 Å². The second-order valence-electron chi connectivity index (χ2n) is 19.7. The Morgan fingerprint density at radius 1 is 0.329 bits per heavy atom. The van der Waals surface area contributed by atoms with Crippen LogP contribution in [0.25, 0.3) is 0 Å². The van der Waals surface area contributed by atoms with Gasteiger partial charge in [0, 0.05) is 163 Å². The van der Waals surface area contributed by atoms with Crippen LogP contribution < -0.4 is 31.9 Å². The molecular weight excluding hydrogens is 1000 g/mol. The summed E-state index contributed by atoms with van der Waals surface area (Å²) in [5.41, 5.74) is 4.83. The third-order valence-corrected chi connectivity index (χ3v) is 13.4. The maximum atomic E-state index is 11.3. The van der Waals surface area contributed by atoms with Gasteiger partial charge in [0.05, 0.1) is 28.5 Å². The summed E-state index contributed by atoms with van der Waals surface area (Å²) < 4.78 is 0. The van der Waals surface area contributed by atoms with Crippen molar-refractivity contribution in [2.24, 2.45) is 0 Å². The minimum absolute atomic E-state index is 0.0883. The van der Waals surface area contributed by atoms with Gasteiger partial charge in [0.25, 0.3) is 0 Å². The number of carboxylic acid groups (broad SMARTS) is 3. The predicted molar refractivity (Wildman–Crippen MR) is 305 cm³/mol. The van der Waals surface area contributed by atoms with Crippen LogP contribution in [0.3, 0.4) is 0 Å². The van der Waals surface area contributed by atoms with E-state index < -0.39 is 17.9 Å². The minimum Gasteiger partial charge on any atom is -0.477 e. The zero-order valence-electron chi connectivity index (χ0n) is 45.9. The van der Waals surface area contributed by atoms with Crippen LogP contribution in [0.2, 0.25) is 0 Å². The second kappa shape index (κ2) is 36.8. The minimum atomic E-state index is -0.996. The van der Waals surface area contributed by atoms with Crippen LogP contribution in [0, 0.1) is 0 Å². The number of aromatic carboxylic acids is 3. The fraction of sp³-hybridized carbons (Fsp3) is 0.509. The first-order chi connectivity index (χ1) is 38.7. The molecule has 3 fully saturated rings. The summed E-state index contributed by atoms with van der Waals surface area (Å²) in [6, 6.07) is 27.6. The average Bonchev–Trinajstić information content (AvgIpc) is 3.55. The lowest BCUT2D eigenvalue weighted by Crippen LogP contribution is -2.41. The molecule has 5 aromatic heterocycles. The number of rotatable bonds is 13. The Morgan fingerprint density at radius 3 is 0.975 bits per heavy atom. The Bertz CT molecular complexity index is 2420. The van der Waals surface area contributed by atoms with Crippen molar-refractivity contribution >= 4 is 17.9 Å². The van der Waals surface area contributed by atoms with Crippen LogP contribution in [-0.4, -0.2) is 227 Å². The SMILES string of the molecule is O=C(O)c1cccc(CN2CCCNCCNCCCNCC2)n1.O=C(O)c1cccc(CN2CCN(Cc3ccccn3)CCN(Cc3ccccn3)CC2)n1.O=C(O)c1cccc(CN2CCNCCNCCNCC2)n1. The Kier molecular flexibility index (Phi) is 28.9. The van der Waals surface area contributed by atoms with E-state index in [1.165, 1.54) is 18.2 Å². The van der Waals surface area contributed by atoms with E-state index in [0.29, 0.717) is 19.6 Å². The van der Waals surface area contributed by atoms with Gasteiger partial charge in [-0.2, -0.15) is 0 Å². The summed E-state index contributed by atoms with van der Waals surface area (Å²) in [6.45, 7) is 24.5. The van der Waals surface area contributed by atoms with Crippen molar-refractivity contribution in [2.45, 2.75) is 45.6 Å². The van der Waals surface area contributed by atoms with E-state index in [9.17, 15) is 19.5 Å². The lowest BCUT2D eigenvalue weighted by Gasteiger charge is -2.25. The molecule has 3 saturated heterocycles. The van der Waals surface area contributed by atoms with Gasteiger partial charge in [0.2, 0.25) is 0 Å². The van der Waals surface area contributed by atoms with E-state index >= 15 is 0 Å². The summed E-state index contributed by atoms with van der Waals surface area (Å²) in [5, 5.41) is 47.9. The molecule has 8 rings (SSSR count). The molecule has 0 aliphatic carbocycles. The molecular formula is C57H84N16O6. The normalized spacial score (nSPS) is 18.2. The zero-order valence-corrected chi connectivity index (χ0v) is 45.9. The summed E-state index contributed by atoms with van der Waals surface area (Å²) in [7, 11) is 0. The number of aromatic nitrogens is 5. The first-order valence-electron chi connectivity index (χ1n) is 27.9. The molecule has 0 radical (unpaired) electrons.